The van der Waals surface area contributed by atoms with Gasteiger partial charge in [0.15, 0.2) is 11.5 Å². The molecule has 5 aromatic rings. The molecular weight excluding hydrogens is 500 g/mol. The third kappa shape index (κ3) is 3.86. The molecule has 0 radical (unpaired) electrons. The number of fused-ring (bicyclic) bond motifs is 3. The van der Waals surface area contributed by atoms with Crippen molar-refractivity contribution >= 4 is 44.8 Å². The SMILES string of the molecule is COc1cc(-c2nc(C3CC(c4cccs4)=NN3C(C)=O)cc3c2[nH]c2ccccc23)cc(OC)c1OC. The fourth-order valence-corrected chi connectivity index (χ4v) is 5.81. The summed E-state index contributed by atoms with van der Waals surface area (Å²) >= 11 is 1.61. The van der Waals surface area contributed by atoms with Gasteiger partial charge in [-0.3, -0.25) is 4.79 Å². The van der Waals surface area contributed by atoms with Crippen molar-refractivity contribution in [3.8, 4) is 28.5 Å². The lowest BCUT2D eigenvalue weighted by atomic mass is 10.0. The summed E-state index contributed by atoms with van der Waals surface area (Å²) < 4.78 is 16.8. The molecular formula is C29H26N4O4S. The number of rotatable bonds is 6. The summed E-state index contributed by atoms with van der Waals surface area (Å²) in [6.45, 7) is 1.54. The minimum atomic E-state index is -0.330. The Morgan fingerprint density at radius 2 is 1.76 bits per heavy atom. The van der Waals surface area contributed by atoms with Gasteiger partial charge in [0.05, 0.1) is 48.8 Å². The van der Waals surface area contributed by atoms with Crippen LogP contribution in [0.1, 0.15) is 30.0 Å². The van der Waals surface area contributed by atoms with Crippen molar-refractivity contribution in [3.63, 3.8) is 0 Å². The number of thiophene rings is 1. The molecule has 1 aliphatic heterocycles. The average molecular weight is 527 g/mol. The minimum absolute atomic E-state index is 0.128. The Balaban J connectivity index is 1.59. The van der Waals surface area contributed by atoms with Crippen LogP contribution in [0.5, 0.6) is 17.2 Å². The van der Waals surface area contributed by atoms with E-state index >= 15 is 0 Å². The van der Waals surface area contributed by atoms with Gasteiger partial charge in [0.2, 0.25) is 11.7 Å². The summed E-state index contributed by atoms with van der Waals surface area (Å²) in [5, 5.41) is 10.4. The third-order valence-electron chi connectivity index (χ3n) is 6.83. The van der Waals surface area contributed by atoms with Crippen LogP contribution in [0.25, 0.3) is 33.1 Å². The van der Waals surface area contributed by atoms with E-state index in [1.807, 2.05) is 47.8 Å². The largest absolute Gasteiger partial charge is 0.493 e. The number of aromatic amines is 1. The second kappa shape index (κ2) is 9.50. The van der Waals surface area contributed by atoms with Crippen LogP contribution in [-0.2, 0) is 4.79 Å². The molecule has 4 heterocycles. The molecule has 1 N–H and O–H groups in total. The minimum Gasteiger partial charge on any atom is -0.493 e. The number of para-hydroxylation sites is 1. The Hall–Kier alpha value is -4.37. The molecule has 0 aliphatic carbocycles. The van der Waals surface area contributed by atoms with Crippen LogP contribution < -0.4 is 14.2 Å². The second-order valence-electron chi connectivity index (χ2n) is 9.01. The normalized spacial score (nSPS) is 15.2. The zero-order valence-corrected chi connectivity index (χ0v) is 22.3. The number of hydrazone groups is 1. The molecule has 1 unspecified atom stereocenters. The molecule has 0 spiro atoms. The van der Waals surface area contributed by atoms with Crippen molar-refractivity contribution in [1.82, 2.24) is 15.0 Å². The van der Waals surface area contributed by atoms with Gasteiger partial charge in [0.1, 0.15) is 6.04 Å². The lowest BCUT2D eigenvalue weighted by Crippen LogP contribution is -2.25. The van der Waals surface area contributed by atoms with Crippen molar-refractivity contribution in [1.29, 1.82) is 0 Å². The smallest absolute Gasteiger partial charge is 0.240 e. The predicted octanol–water partition coefficient (Wildman–Crippen LogP) is 6.17. The van der Waals surface area contributed by atoms with Crippen molar-refractivity contribution < 1.29 is 19.0 Å². The Morgan fingerprint density at radius 1 is 1.00 bits per heavy atom. The summed E-state index contributed by atoms with van der Waals surface area (Å²) in [6, 6.07) is 17.7. The molecule has 6 rings (SSSR count). The van der Waals surface area contributed by atoms with E-state index in [0.29, 0.717) is 23.7 Å². The number of amides is 1. The molecule has 38 heavy (non-hydrogen) atoms. The second-order valence-corrected chi connectivity index (χ2v) is 9.96. The molecule has 0 bridgehead atoms. The summed E-state index contributed by atoms with van der Waals surface area (Å²) in [6.07, 6.45) is 0.579. The standard InChI is InChI=1S/C29H26N4O4S/c1-16(34)33-23(15-22(32-33)26-10-7-11-38-26)21-14-19-18-8-5-6-9-20(18)30-28(19)27(31-21)17-12-24(35-2)29(37-4)25(13-17)36-3/h5-14,23,30H,15H2,1-4H3. The Labute approximate surface area is 223 Å². The van der Waals surface area contributed by atoms with Gasteiger partial charge in [0, 0.05) is 35.2 Å². The highest BCUT2D eigenvalue weighted by atomic mass is 32.1. The number of nitrogens with one attached hydrogen (secondary N) is 1. The first-order chi connectivity index (χ1) is 18.5. The number of H-pyrrole nitrogens is 1. The summed E-state index contributed by atoms with van der Waals surface area (Å²) in [4.78, 5) is 22.5. The van der Waals surface area contributed by atoms with Crippen LogP contribution in [0.4, 0.5) is 0 Å². The molecule has 8 nitrogen and oxygen atoms in total. The number of hydrogen-bond acceptors (Lipinski definition) is 7. The molecule has 0 saturated carbocycles. The first-order valence-electron chi connectivity index (χ1n) is 12.1. The number of benzene rings is 2. The highest BCUT2D eigenvalue weighted by Crippen LogP contribution is 2.44. The van der Waals surface area contributed by atoms with E-state index in [1.54, 1.807) is 37.7 Å². The van der Waals surface area contributed by atoms with Crippen LogP contribution in [-0.4, -0.2) is 47.9 Å². The molecule has 192 valence electrons. The summed E-state index contributed by atoms with van der Waals surface area (Å²) in [7, 11) is 4.77. The maximum absolute atomic E-state index is 12.7. The Morgan fingerprint density at radius 3 is 2.42 bits per heavy atom. The molecule has 0 saturated heterocycles. The van der Waals surface area contributed by atoms with Gasteiger partial charge in [-0.1, -0.05) is 24.3 Å². The number of carbonyl (C=O) groups excluding carboxylic acids is 1. The highest BCUT2D eigenvalue weighted by Gasteiger charge is 2.34. The van der Waals surface area contributed by atoms with Gasteiger partial charge in [-0.25, -0.2) is 9.99 Å². The van der Waals surface area contributed by atoms with Crippen LogP contribution in [0.2, 0.25) is 0 Å². The summed E-state index contributed by atoms with van der Waals surface area (Å²) in [5.41, 5.74) is 5.05. The van der Waals surface area contributed by atoms with E-state index in [9.17, 15) is 4.79 Å². The fraction of sp³-hybridized carbons (Fsp3) is 0.207. The van der Waals surface area contributed by atoms with Gasteiger partial charge >= 0.3 is 0 Å². The van der Waals surface area contributed by atoms with Crippen LogP contribution >= 0.6 is 11.3 Å². The van der Waals surface area contributed by atoms with E-state index in [-0.39, 0.29) is 11.9 Å². The molecule has 1 aliphatic rings. The van der Waals surface area contributed by atoms with Crippen LogP contribution in [0.3, 0.4) is 0 Å². The number of hydrogen-bond donors (Lipinski definition) is 1. The van der Waals surface area contributed by atoms with Gasteiger partial charge in [-0.2, -0.15) is 5.10 Å². The van der Waals surface area contributed by atoms with Gasteiger partial charge in [-0.15, -0.1) is 11.3 Å². The maximum Gasteiger partial charge on any atom is 0.240 e. The average Bonchev–Trinajstić information content (AvgIpc) is 3.70. The van der Waals surface area contributed by atoms with E-state index < -0.39 is 0 Å². The molecule has 1 atom stereocenters. The number of aromatic nitrogens is 2. The summed E-state index contributed by atoms with van der Waals surface area (Å²) in [5.74, 6) is 1.45. The lowest BCUT2D eigenvalue weighted by Gasteiger charge is -2.21. The Bertz CT molecular complexity index is 1680. The number of pyridine rings is 1. The molecule has 3 aromatic heterocycles. The van der Waals surface area contributed by atoms with E-state index in [0.717, 1.165) is 49.3 Å². The van der Waals surface area contributed by atoms with Gasteiger partial charge in [-0.05, 0) is 35.7 Å². The maximum atomic E-state index is 12.7. The van der Waals surface area contributed by atoms with E-state index in [2.05, 4.69) is 17.1 Å². The fourth-order valence-electron chi connectivity index (χ4n) is 5.09. The molecule has 1 amide bonds. The van der Waals surface area contributed by atoms with Gasteiger partial charge in [0.25, 0.3) is 0 Å². The highest BCUT2D eigenvalue weighted by molar-refractivity contribution is 7.12. The van der Waals surface area contributed by atoms with Crippen molar-refractivity contribution in [2.75, 3.05) is 21.3 Å². The van der Waals surface area contributed by atoms with Gasteiger partial charge < -0.3 is 19.2 Å². The number of nitrogens with zero attached hydrogens (tertiary/aromatic N) is 3. The van der Waals surface area contributed by atoms with E-state index in [4.69, 9.17) is 24.3 Å². The third-order valence-corrected chi connectivity index (χ3v) is 7.75. The molecule has 9 heteroatoms. The number of carbonyl (C=O) groups is 1. The molecule has 0 fully saturated rings. The van der Waals surface area contributed by atoms with Crippen molar-refractivity contribution in [3.05, 3.63) is 70.5 Å². The number of ether oxygens (including phenoxy) is 3. The monoisotopic (exact) mass is 526 g/mol. The topological polar surface area (TPSA) is 89.0 Å². The lowest BCUT2D eigenvalue weighted by molar-refractivity contribution is -0.130. The quantitative estimate of drug-likeness (QED) is 0.286. The van der Waals surface area contributed by atoms with Crippen LogP contribution in [0, 0.1) is 0 Å². The van der Waals surface area contributed by atoms with Crippen LogP contribution in [0.15, 0.2) is 65.1 Å². The number of methoxy groups -OCH3 is 3. The molecule has 2 aromatic carbocycles. The first kappa shape index (κ1) is 24.0. The first-order valence-corrected chi connectivity index (χ1v) is 13.0. The van der Waals surface area contributed by atoms with Crippen molar-refractivity contribution in [2.45, 2.75) is 19.4 Å². The zero-order valence-electron chi connectivity index (χ0n) is 21.4. The zero-order chi connectivity index (χ0) is 26.4. The Kier molecular flexibility index (Phi) is 6.00. The van der Waals surface area contributed by atoms with Crippen molar-refractivity contribution in [2.24, 2.45) is 5.10 Å². The predicted molar refractivity (Wildman–Crippen MR) is 149 cm³/mol. The van der Waals surface area contributed by atoms with E-state index in [1.165, 1.54) is 6.92 Å².